The maximum Gasteiger partial charge on any atom is 0.158 e. The van der Waals surface area contributed by atoms with Crippen molar-refractivity contribution in [3.05, 3.63) is 33.3 Å². The topological polar surface area (TPSA) is 73.1 Å². The summed E-state index contributed by atoms with van der Waals surface area (Å²) in [5.41, 5.74) is 7.11. The first-order chi connectivity index (χ1) is 9.58. The van der Waals surface area contributed by atoms with Crippen LogP contribution in [-0.2, 0) is 17.9 Å². The smallest absolute Gasteiger partial charge is 0.158 e. The zero-order valence-electron chi connectivity index (χ0n) is 12.1. The number of nitrogen functional groups attached to an aromatic ring is 1. The Kier molecular flexibility index (Phi) is 4.92. The Labute approximate surface area is 123 Å². The largest absolute Gasteiger partial charge is 0.384 e. The lowest BCUT2D eigenvalue weighted by atomic mass is 10.3. The van der Waals surface area contributed by atoms with Crippen molar-refractivity contribution in [3.63, 3.8) is 0 Å². The molecule has 0 amide bonds. The normalized spacial score (nSPS) is 10.8. The van der Waals surface area contributed by atoms with Gasteiger partial charge in [0.1, 0.15) is 18.2 Å². The molecule has 2 aromatic heterocycles. The molecule has 5 nitrogen and oxygen atoms in total. The molecule has 2 rings (SSSR count). The molecule has 2 aromatic rings. The minimum atomic E-state index is 0.382. The zero-order chi connectivity index (χ0) is 14.5. The van der Waals surface area contributed by atoms with Crippen molar-refractivity contribution in [2.24, 2.45) is 0 Å². The van der Waals surface area contributed by atoms with Gasteiger partial charge in [-0.1, -0.05) is 0 Å². The summed E-state index contributed by atoms with van der Waals surface area (Å²) in [4.78, 5) is 11.2. The molecule has 0 atom stereocenters. The lowest BCUT2D eigenvalue weighted by Gasteiger charge is -2.07. The second kappa shape index (κ2) is 6.67. The van der Waals surface area contributed by atoms with Crippen molar-refractivity contribution in [2.75, 3.05) is 17.7 Å². The molecule has 0 saturated heterocycles. The third-order valence-electron chi connectivity index (χ3n) is 2.89. The third-order valence-corrected chi connectivity index (χ3v) is 4.04. The van der Waals surface area contributed by atoms with E-state index in [0.29, 0.717) is 24.9 Å². The van der Waals surface area contributed by atoms with Crippen LogP contribution in [0.2, 0.25) is 0 Å². The molecule has 108 valence electrons. The van der Waals surface area contributed by atoms with Gasteiger partial charge in [-0.3, -0.25) is 0 Å². The van der Waals surface area contributed by atoms with Crippen molar-refractivity contribution in [3.8, 4) is 0 Å². The predicted octanol–water partition coefficient (Wildman–Crippen LogP) is 2.89. The number of rotatable bonds is 6. The van der Waals surface area contributed by atoms with Crippen LogP contribution in [-0.4, -0.2) is 16.6 Å². The molecular weight excluding hydrogens is 272 g/mol. The van der Waals surface area contributed by atoms with Gasteiger partial charge in [-0.2, -0.15) is 0 Å². The molecule has 0 saturated carbocycles. The van der Waals surface area contributed by atoms with Crippen LogP contribution in [0.1, 0.15) is 28.1 Å². The van der Waals surface area contributed by atoms with Crippen molar-refractivity contribution in [2.45, 2.75) is 33.9 Å². The van der Waals surface area contributed by atoms with E-state index >= 15 is 0 Å². The van der Waals surface area contributed by atoms with Crippen molar-refractivity contribution in [1.29, 1.82) is 0 Å². The minimum absolute atomic E-state index is 0.382. The fourth-order valence-corrected chi connectivity index (χ4v) is 2.77. The van der Waals surface area contributed by atoms with Gasteiger partial charge in [0.2, 0.25) is 0 Å². The Hall–Kier alpha value is -1.66. The van der Waals surface area contributed by atoms with E-state index in [1.807, 2.05) is 6.92 Å². The summed E-state index contributed by atoms with van der Waals surface area (Å²) < 4.78 is 5.31. The van der Waals surface area contributed by atoms with Gasteiger partial charge in [-0.25, -0.2) is 9.97 Å². The molecule has 0 spiro atoms. The van der Waals surface area contributed by atoms with Gasteiger partial charge in [0.05, 0.1) is 6.54 Å². The molecule has 2 heterocycles. The van der Waals surface area contributed by atoms with Gasteiger partial charge in [0.15, 0.2) is 5.82 Å². The van der Waals surface area contributed by atoms with E-state index in [4.69, 9.17) is 10.5 Å². The number of aromatic nitrogens is 2. The van der Waals surface area contributed by atoms with Gasteiger partial charge in [0, 0.05) is 22.4 Å². The number of hydrogen-bond acceptors (Lipinski definition) is 6. The fourth-order valence-electron chi connectivity index (χ4n) is 1.78. The number of nitrogens with zero attached hydrogens (tertiary/aromatic N) is 2. The van der Waals surface area contributed by atoms with Gasteiger partial charge in [0.25, 0.3) is 0 Å². The van der Waals surface area contributed by atoms with E-state index in [9.17, 15) is 0 Å². The number of anilines is 2. The van der Waals surface area contributed by atoms with E-state index in [2.05, 4.69) is 35.2 Å². The minimum Gasteiger partial charge on any atom is -0.384 e. The van der Waals surface area contributed by atoms with Crippen molar-refractivity contribution >= 4 is 23.0 Å². The second-order valence-corrected chi connectivity index (χ2v) is 5.88. The van der Waals surface area contributed by atoms with E-state index < -0.39 is 0 Å². The number of aryl methyl sites for hydroxylation is 2. The number of hydrogen-bond donors (Lipinski definition) is 2. The third kappa shape index (κ3) is 3.91. The summed E-state index contributed by atoms with van der Waals surface area (Å²) in [7, 11) is 0. The highest BCUT2D eigenvalue weighted by atomic mass is 32.1. The Bertz CT molecular complexity index is 563. The molecule has 0 aromatic carbocycles. The maximum absolute atomic E-state index is 5.78. The molecule has 6 heteroatoms. The highest BCUT2D eigenvalue weighted by Gasteiger charge is 2.05. The summed E-state index contributed by atoms with van der Waals surface area (Å²) in [6.45, 7) is 7.95. The standard InChI is InChI=1S/C14H20N4OS/c1-4-19-8-14-17-12(15)6-13(18-14)16-7-11-5-9(2)10(3)20-11/h5-6H,4,7-8H2,1-3H3,(H3,15,16,17,18). The fraction of sp³-hybridized carbons (Fsp3) is 0.429. The Morgan fingerprint density at radius 2 is 2.10 bits per heavy atom. The number of nitrogens with two attached hydrogens (primary N) is 1. The molecule has 0 bridgehead atoms. The summed E-state index contributed by atoms with van der Waals surface area (Å²) in [5.74, 6) is 1.79. The van der Waals surface area contributed by atoms with Crippen molar-refractivity contribution in [1.82, 2.24) is 9.97 Å². The molecule has 0 radical (unpaired) electrons. The molecule has 20 heavy (non-hydrogen) atoms. The molecule has 0 aliphatic rings. The van der Waals surface area contributed by atoms with Crippen LogP contribution in [0.4, 0.5) is 11.6 Å². The molecule has 0 fully saturated rings. The van der Waals surface area contributed by atoms with Crippen LogP contribution in [0, 0.1) is 13.8 Å². The highest BCUT2D eigenvalue weighted by molar-refractivity contribution is 7.12. The Morgan fingerprint density at radius 3 is 2.75 bits per heavy atom. The molecular formula is C14H20N4OS. The monoisotopic (exact) mass is 292 g/mol. The lowest BCUT2D eigenvalue weighted by Crippen LogP contribution is -2.07. The summed E-state index contributed by atoms with van der Waals surface area (Å²) in [5, 5.41) is 3.28. The number of ether oxygens (including phenoxy) is 1. The average molecular weight is 292 g/mol. The SMILES string of the molecule is CCOCc1nc(N)cc(NCc2cc(C)c(C)s2)n1. The molecule has 0 aliphatic carbocycles. The quantitative estimate of drug-likeness (QED) is 0.856. The van der Waals surface area contributed by atoms with E-state index in [-0.39, 0.29) is 0 Å². The first-order valence-corrected chi connectivity index (χ1v) is 7.41. The van der Waals surface area contributed by atoms with Crippen LogP contribution in [0.15, 0.2) is 12.1 Å². The van der Waals surface area contributed by atoms with E-state index in [1.54, 1.807) is 17.4 Å². The van der Waals surface area contributed by atoms with Crippen LogP contribution in [0.5, 0.6) is 0 Å². The van der Waals surface area contributed by atoms with Gasteiger partial charge in [-0.05, 0) is 32.4 Å². The first kappa shape index (κ1) is 14.7. The van der Waals surface area contributed by atoms with Crippen molar-refractivity contribution < 1.29 is 4.74 Å². The first-order valence-electron chi connectivity index (χ1n) is 6.59. The zero-order valence-corrected chi connectivity index (χ0v) is 12.9. The van der Waals surface area contributed by atoms with Crippen LogP contribution in [0.25, 0.3) is 0 Å². The molecule has 0 aliphatic heterocycles. The molecule has 0 unspecified atom stereocenters. The maximum atomic E-state index is 5.78. The van der Waals surface area contributed by atoms with Gasteiger partial charge >= 0.3 is 0 Å². The summed E-state index contributed by atoms with van der Waals surface area (Å²) >= 11 is 1.79. The molecule has 3 N–H and O–H groups in total. The Morgan fingerprint density at radius 1 is 1.30 bits per heavy atom. The van der Waals surface area contributed by atoms with E-state index in [0.717, 1.165) is 12.4 Å². The van der Waals surface area contributed by atoms with E-state index in [1.165, 1.54) is 15.3 Å². The van der Waals surface area contributed by atoms with Crippen LogP contribution >= 0.6 is 11.3 Å². The predicted molar refractivity (Wildman–Crippen MR) is 82.9 cm³/mol. The Balaban J connectivity index is 2.03. The van der Waals surface area contributed by atoms with Crippen LogP contribution < -0.4 is 11.1 Å². The number of nitrogens with one attached hydrogen (secondary N) is 1. The van der Waals surface area contributed by atoms with Gasteiger partial charge in [-0.15, -0.1) is 11.3 Å². The van der Waals surface area contributed by atoms with Crippen LogP contribution in [0.3, 0.4) is 0 Å². The summed E-state index contributed by atoms with van der Waals surface area (Å²) in [6.07, 6.45) is 0. The lowest BCUT2D eigenvalue weighted by molar-refractivity contribution is 0.128. The average Bonchev–Trinajstić information content (AvgIpc) is 2.73. The number of thiophene rings is 1. The summed E-state index contributed by atoms with van der Waals surface area (Å²) in [6, 6.07) is 3.93. The van der Waals surface area contributed by atoms with Gasteiger partial charge < -0.3 is 15.8 Å². The highest BCUT2D eigenvalue weighted by Crippen LogP contribution is 2.21. The second-order valence-electron chi connectivity index (χ2n) is 4.54.